The summed E-state index contributed by atoms with van der Waals surface area (Å²) in [5.74, 6) is -1.57. The van der Waals surface area contributed by atoms with E-state index in [1.807, 2.05) is 6.08 Å². The first-order valence-corrected chi connectivity index (χ1v) is 10.8. The first-order chi connectivity index (χ1) is 13.1. The number of esters is 2. The summed E-state index contributed by atoms with van der Waals surface area (Å²) < 4.78 is 11.4. The molecule has 0 heterocycles. The quantitative estimate of drug-likeness (QED) is 0.520. The smallest absolute Gasteiger partial charge is 0.305 e. The maximum Gasteiger partial charge on any atom is 0.305 e. The van der Waals surface area contributed by atoms with Gasteiger partial charge in [-0.3, -0.25) is 14.4 Å². The minimum absolute atomic E-state index is 0.0639. The van der Waals surface area contributed by atoms with Crippen LogP contribution in [0.2, 0.25) is 0 Å². The summed E-state index contributed by atoms with van der Waals surface area (Å²) in [6.45, 7) is 7.13. The van der Waals surface area contributed by atoms with Crippen LogP contribution < -0.4 is 0 Å². The van der Waals surface area contributed by atoms with Gasteiger partial charge in [0, 0.05) is 31.6 Å². The predicted molar refractivity (Wildman–Crippen MR) is 103 cm³/mol. The zero-order valence-corrected chi connectivity index (χ0v) is 17.5. The molecular formula is C23H32O5. The van der Waals surface area contributed by atoms with Crippen molar-refractivity contribution >= 4 is 17.7 Å². The Hall–Kier alpha value is -1.65. The molecule has 0 radical (unpaired) electrons. The van der Waals surface area contributed by atoms with Crippen LogP contribution in [0.25, 0.3) is 0 Å². The van der Waals surface area contributed by atoms with Crippen molar-refractivity contribution in [2.24, 2.45) is 28.6 Å². The van der Waals surface area contributed by atoms with Gasteiger partial charge in [-0.1, -0.05) is 25.8 Å². The lowest BCUT2D eigenvalue weighted by molar-refractivity contribution is -0.272. The zero-order chi connectivity index (χ0) is 20.3. The standard InChI is InChI=1S/C23H32O5/c1-14(24)27-23(28-15(2)25)12-9-18-20-17(8-11-22(18,23)4)21(3)10-6-5-7-16(21)13-19(20)26/h13,17-18,20H,5-12H2,1-4H3/t17-,18+,20-,21+,22+/m1/s1. The monoisotopic (exact) mass is 388 g/mol. The maximum atomic E-state index is 13.3. The van der Waals surface area contributed by atoms with E-state index in [-0.39, 0.29) is 23.0 Å². The molecular weight excluding hydrogens is 356 g/mol. The van der Waals surface area contributed by atoms with Gasteiger partial charge in [0.2, 0.25) is 0 Å². The normalized spacial score (nSPS) is 41.2. The molecule has 0 saturated heterocycles. The lowest BCUT2D eigenvalue weighted by Crippen LogP contribution is -2.58. The summed E-state index contributed by atoms with van der Waals surface area (Å²) in [5.41, 5.74) is 0.918. The van der Waals surface area contributed by atoms with Gasteiger partial charge in [-0.2, -0.15) is 0 Å². The highest BCUT2D eigenvalue weighted by molar-refractivity contribution is 5.94. The number of hydrogen-bond acceptors (Lipinski definition) is 5. The van der Waals surface area contributed by atoms with Gasteiger partial charge in [0.15, 0.2) is 5.78 Å². The predicted octanol–water partition coefficient (Wildman–Crippen LogP) is 4.34. The van der Waals surface area contributed by atoms with E-state index in [4.69, 9.17) is 9.47 Å². The maximum absolute atomic E-state index is 13.3. The van der Waals surface area contributed by atoms with Crippen LogP contribution in [-0.2, 0) is 23.9 Å². The van der Waals surface area contributed by atoms with Gasteiger partial charge >= 0.3 is 11.9 Å². The number of fused-ring (bicyclic) bond motifs is 5. The second-order valence-electron chi connectivity index (χ2n) is 9.87. The average Bonchev–Trinajstić information content (AvgIpc) is 2.86. The number of rotatable bonds is 2. The van der Waals surface area contributed by atoms with Crippen LogP contribution in [0.1, 0.15) is 79.1 Å². The molecule has 0 aliphatic heterocycles. The summed E-state index contributed by atoms with van der Waals surface area (Å²) in [7, 11) is 0. The highest BCUT2D eigenvalue weighted by Crippen LogP contribution is 2.67. The lowest BCUT2D eigenvalue weighted by atomic mass is 9.47. The topological polar surface area (TPSA) is 69.7 Å². The van der Waals surface area contributed by atoms with Crippen molar-refractivity contribution in [1.29, 1.82) is 0 Å². The number of carbonyl (C=O) groups is 3. The van der Waals surface area contributed by atoms with Gasteiger partial charge in [-0.05, 0) is 61.9 Å². The number of hydrogen-bond donors (Lipinski definition) is 0. The van der Waals surface area contributed by atoms with E-state index < -0.39 is 23.1 Å². The van der Waals surface area contributed by atoms with Crippen LogP contribution >= 0.6 is 0 Å². The average molecular weight is 389 g/mol. The molecule has 5 atom stereocenters. The van der Waals surface area contributed by atoms with Crippen LogP contribution in [0.4, 0.5) is 0 Å². The Kier molecular flexibility index (Phi) is 4.51. The van der Waals surface area contributed by atoms with E-state index in [1.165, 1.54) is 32.3 Å². The Balaban J connectivity index is 1.74. The number of ether oxygens (including phenoxy) is 2. The van der Waals surface area contributed by atoms with Crippen molar-refractivity contribution in [2.45, 2.75) is 84.8 Å². The van der Waals surface area contributed by atoms with E-state index in [0.29, 0.717) is 12.3 Å². The molecule has 5 heteroatoms. The van der Waals surface area contributed by atoms with E-state index >= 15 is 0 Å². The number of allylic oxidation sites excluding steroid dienone is 2. The third kappa shape index (κ3) is 2.61. The van der Waals surface area contributed by atoms with E-state index in [1.54, 1.807) is 0 Å². The van der Waals surface area contributed by atoms with Crippen molar-refractivity contribution in [3.63, 3.8) is 0 Å². The lowest BCUT2D eigenvalue weighted by Gasteiger charge is -2.57. The van der Waals surface area contributed by atoms with Crippen molar-refractivity contribution < 1.29 is 23.9 Å². The first-order valence-electron chi connectivity index (χ1n) is 10.8. The Morgan fingerprint density at radius 3 is 2.25 bits per heavy atom. The summed E-state index contributed by atoms with van der Waals surface area (Å²) in [6, 6.07) is 0. The molecule has 4 aliphatic carbocycles. The fourth-order valence-corrected chi connectivity index (χ4v) is 7.21. The van der Waals surface area contributed by atoms with Crippen LogP contribution in [-0.4, -0.2) is 23.5 Å². The van der Waals surface area contributed by atoms with E-state index in [9.17, 15) is 14.4 Å². The van der Waals surface area contributed by atoms with Crippen molar-refractivity contribution in [3.8, 4) is 0 Å². The van der Waals surface area contributed by atoms with Crippen LogP contribution in [0.15, 0.2) is 11.6 Å². The minimum atomic E-state index is -1.25. The Bertz CT molecular complexity index is 736. The SMILES string of the molecule is CC(=O)OC1(OC(C)=O)CC[C@H]2[C@@H]3C(=O)C=C4CCCC[C@]4(C)[C@@H]3CC[C@@]21C. The van der Waals surface area contributed by atoms with Crippen molar-refractivity contribution in [1.82, 2.24) is 0 Å². The second-order valence-corrected chi connectivity index (χ2v) is 9.87. The molecule has 28 heavy (non-hydrogen) atoms. The second kappa shape index (κ2) is 6.43. The molecule has 0 aromatic rings. The summed E-state index contributed by atoms with van der Waals surface area (Å²) in [6.07, 6.45) is 9.43. The highest BCUT2D eigenvalue weighted by Gasteiger charge is 2.69. The zero-order valence-electron chi connectivity index (χ0n) is 17.5. The molecule has 0 N–H and O–H groups in total. The fourth-order valence-electron chi connectivity index (χ4n) is 7.21. The van der Waals surface area contributed by atoms with Crippen LogP contribution in [0.5, 0.6) is 0 Å². The minimum Gasteiger partial charge on any atom is -0.422 e. The molecule has 5 nitrogen and oxygen atoms in total. The molecule has 0 spiro atoms. The molecule has 4 rings (SSSR count). The summed E-state index contributed by atoms with van der Waals surface area (Å²) in [4.78, 5) is 37.1. The van der Waals surface area contributed by atoms with E-state index in [0.717, 1.165) is 32.1 Å². The third-order valence-corrected chi connectivity index (χ3v) is 8.52. The Labute approximate surface area is 167 Å². The molecule has 0 amide bonds. The van der Waals surface area contributed by atoms with Gasteiger partial charge in [-0.15, -0.1) is 0 Å². The Morgan fingerprint density at radius 1 is 0.964 bits per heavy atom. The number of carbonyl (C=O) groups excluding carboxylic acids is 3. The van der Waals surface area contributed by atoms with Crippen molar-refractivity contribution in [2.75, 3.05) is 0 Å². The number of ketones is 1. The first kappa shape index (κ1) is 19.7. The van der Waals surface area contributed by atoms with Crippen LogP contribution in [0.3, 0.4) is 0 Å². The Morgan fingerprint density at radius 2 is 1.61 bits per heavy atom. The van der Waals surface area contributed by atoms with Crippen molar-refractivity contribution in [3.05, 3.63) is 11.6 Å². The van der Waals surface area contributed by atoms with Gasteiger partial charge < -0.3 is 9.47 Å². The molecule has 0 bridgehead atoms. The molecule has 0 aromatic heterocycles. The summed E-state index contributed by atoms with van der Waals surface area (Å²) >= 11 is 0. The van der Waals surface area contributed by atoms with Gasteiger partial charge in [0.1, 0.15) is 0 Å². The van der Waals surface area contributed by atoms with Crippen LogP contribution in [0, 0.1) is 28.6 Å². The highest BCUT2D eigenvalue weighted by atomic mass is 16.7. The van der Waals surface area contributed by atoms with Gasteiger partial charge in [0.05, 0.1) is 0 Å². The van der Waals surface area contributed by atoms with Gasteiger partial charge in [0.25, 0.3) is 5.79 Å². The molecule has 3 saturated carbocycles. The molecule has 0 unspecified atom stereocenters. The molecule has 154 valence electrons. The largest absolute Gasteiger partial charge is 0.422 e. The molecule has 4 aliphatic rings. The van der Waals surface area contributed by atoms with Gasteiger partial charge in [-0.25, -0.2) is 0 Å². The van der Waals surface area contributed by atoms with E-state index in [2.05, 4.69) is 13.8 Å². The molecule has 0 aromatic carbocycles. The molecule has 3 fully saturated rings. The fraction of sp³-hybridized carbons (Fsp3) is 0.783. The third-order valence-electron chi connectivity index (χ3n) is 8.52. The summed E-state index contributed by atoms with van der Waals surface area (Å²) in [5, 5.41) is 0.